The molecule has 0 atom stereocenters. The molecule has 0 radical (unpaired) electrons. The Labute approximate surface area is 122 Å². The van der Waals surface area contributed by atoms with Crippen LogP contribution in [0.25, 0.3) is 0 Å². The molecule has 0 unspecified atom stereocenters. The van der Waals surface area contributed by atoms with Crippen LogP contribution >= 0.6 is 12.8 Å². The Balaban J connectivity index is 2.30. The Morgan fingerprint density at radius 3 is 2.75 bits per heavy atom. The predicted octanol–water partition coefficient (Wildman–Crippen LogP) is 3.19. The Hall–Kier alpha value is -2.02. The number of ether oxygens (including phenoxy) is 1. The number of nitro groups is 1. The summed E-state index contributed by atoms with van der Waals surface area (Å²) in [5.41, 5.74) is 1.56. The lowest BCUT2D eigenvalue weighted by Gasteiger charge is -2.13. The Kier molecular flexibility index (Phi) is 4.29. The molecule has 0 bridgehead atoms. The summed E-state index contributed by atoms with van der Waals surface area (Å²) >= 11 is 4.01. The first-order valence-electron chi connectivity index (χ1n) is 6.13. The fraction of sp³-hybridized carbons (Fsp3) is 0.308. The van der Waals surface area contributed by atoms with Gasteiger partial charge in [-0.2, -0.15) is 0 Å². The summed E-state index contributed by atoms with van der Waals surface area (Å²) in [5, 5.41) is 15.1. The molecule has 20 heavy (non-hydrogen) atoms. The molecule has 0 aliphatic heterocycles. The molecular formula is C13H15N3O3S. The second-order valence-corrected chi connectivity index (χ2v) is 5.03. The van der Waals surface area contributed by atoms with Gasteiger partial charge in [-0.05, 0) is 24.3 Å². The van der Waals surface area contributed by atoms with Crippen molar-refractivity contribution in [3.63, 3.8) is 0 Å². The lowest BCUT2D eigenvalue weighted by atomic mass is 9.96. The predicted molar refractivity (Wildman–Crippen MR) is 78.1 cm³/mol. The number of benzene rings is 1. The first kappa shape index (κ1) is 14.4. The minimum Gasteiger partial charge on any atom is -0.471 e. The Morgan fingerprint density at radius 1 is 1.45 bits per heavy atom. The van der Waals surface area contributed by atoms with Crippen LogP contribution in [-0.4, -0.2) is 14.1 Å². The molecule has 7 heteroatoms. The van der Waals surface area contributed by atoms with Crippen molar-refractivity contribution in [2.24, 2.45) is 0 Å². The fourth-order valence-corrected chi connectivity index (χ4v) is 2.14. The summed E-state index contributed by atoms with van der Waals surface area (Å²) in [6, 6.07) is 6.71. The molecule has 1 aromatic carbocycles. The Morgan fingerprint density at radius 2 is 2.20 bits per heavy atom. The van der Waals surface area contributed by atoms with E-state index in [2.05, 4.69) is 17.9 Å². The molecule has 0 saturated heterocycles. The van der Waals surface area contributed by atoms with Gasteiger partial charge in [0.25, 0.3) is 5.69 Å². The summed E-state index contributed by atoms with van der Waals surface area (Å²) in [7, 11) is 0. The van der Waals surface area contributed by atoms with E-state index in [9.17, 15) is 10.1 Å². The Bertz CT molecular complexity index is 625. The maximum absolute atomic E-state index is 11.1. The van der Waals surface area contributed by atoms with Gasteiger partial charge in [0.05, 0.1) is 10.5 Å². The van der Waals surface area contributed by atoms with Crippen LogP contribution in [0.2, 0.25) is 0 Å². The summed E-state index contributed by atoms with van der Waals surface area (Å²) in [5.74, 6) is 0.559. The average Bonchev–Trinajstić information content (AvgIpc) is 2.81. The first-order valence-corrected chi connectivity index (χ1v) is 6.53. The minimum atomic E-state index is -0.387. The lowest BCUT2D eigenvalue weighted by molar-refractivity contribution is -0.385. The summed E-state index contributed by atoms with van der Waals surface area (Å²) in [4.78, 5) is 10.7. The molecule has 1 heterocycles. The molecule has 2 rings (SSSR count). The van der Waals surface area contributed by atoms with Crippen molar-refractivity contribution in [1.82, 2.24) is 9.19 Å². The van der Waals surface area contributed by atoms with Crippen LogP contribution in [0.4, 0.5) is 5.69 Å². The highest BCUT2D eigenvalue weighted by molar-refractivity contribution is 7.78. The first-order chi connectivity index (χ1) is 9.49. The number of nitro benzene ring substituents is 1. The van der Waals surface area contributed by atoms with E-state index in [1.165, 1.54) is 10.2 Å². The number of nitrogens with zero attached hydrogens (tertiary/aromatic N) is 3. The third-order valence-corrected chi connectivity index (χ3v) is 3.14. The van der Waals surface area contributed by atoms with Gasteiger partial charge in [-0.25, -0.2) is 4.09 Å². The molecule has 0 aliphatic carbocycles. The highest BCUT2D eigenvalue weighted by atomic mass is 32.1. The average molecular weight is 293 g/mol. The number of aromatic nitrogens is 2. The number of rotatable bonds is 5. The van der Waals surface area contributed by atoms with Gasteiger partial charge in [0, 0.05) is 18.3 Å². The van der Waals surface area contributed by atoms with Crippen LogP contribution < -0.4 is 4.74 Å². The molecule has 0 aliphatic rings. The molecule has 0 spiro atoms. The molecule has 0 saturated carbocycles. The van der Waals surface area contributed by atoms with E-state index in [0.29, 0.717) is 11.4 Å². The van der Waals surface area contributed by atoms with Crippen LogP contribution in [-0.2, 0) is 6.61 Å². The lowest BCUT2D eigenvalue weighted by Crippen LogP contribution is -2.06. The molecule has 1 aromatic heterocycles. The summed E-state index contributed by atoms with van der Waals surface area (Å²) < 4.78 is 6.83. The third kappa shape index (κ3) is 3.11. The topological polar surface area (TPSA) is 70.2 Å². The van der Waals surface area contributed by atoms with Crippen molar-refractivity contribution in [3.8, 4) is 5.88 Å². The van der Waals surface area contributed by atoms with E-state index in [1.54, 1.807) is 18.3 Å². The van der Waals surface area contributed by atoms with Gasteiger partial charge in [0.15, 0.2) is 0 Å². The fourth-order valence-electron chi connectivity index (χ4n) is 1.98. The molecule has 0 N–H and O–H groups in total. The van der Waals surface area contributed by atoms with Crippen molar-refractivity contribution in [2.45, 2.75) is 26.4 Å². The van der Waals surface area contributed by atoms with Gasteiger partial charge in [-0.1, -0.05) is 26.0 Å². The zero-order valence-electron chi connectivity index (χ0n) is 11.2. The minimum absolute atomic E-state index is 0.0708. The standard InChI is InChI=1S/C13H15N3O3S/c1-9(2)10-4-3-5-12(16(17)18)11(10)8-19-13-6-7-15(20)14-13/h3-7,9,20H,8H2,1-2H3. The molecule has 106 valence electrons. The van der Waals surface area contributed by atoms with Crippen LogP contribution in [0.5, 0.6) is 5.88 Å². The summed E-state index contributed by atoms with van der Waals surface area (Å²) in [6.45, 7) is 4.09. The largest absolute Gasteiger partial charge is 0.471 e. The van der Waals surface area contributed by atoms with Crippen LogP contribution in [0, 0.1) is 10.1 Å². The van der Waals surface area contributed by atoms with E-state index in [0.717, 1.165) is 5.56 Å². The number of thiol groups is 1. The molecule has 2 aromatic rings. The van der Waals surface area contributed by atoms with Crippen molar-refractivity contribution in [2.75, 3.05) is 0 Å². The van der Waals surface area contributed by atoms with Gasteiger partial charge in [0.2, 0.25) is 5.88 Å². The number of hydrogen-bond acceptors (Lipinski definition) is 5. The van der Waals surface area contributed by atoms with E-state index >= 15 is 0 Å². The summed E-state index contributed by atoms with van der Waals surface area (Å²) in [6.07, 6.45) is 1.63. The van der Waals surface area contributed by atoms with Gasteiger partial charge in [0.1, 0.15) is 6.61 Å². The van der Waals surface area contributed by atoms with E-state index < -0.39 is 0 Å². The zero-order chi connectivity index (χ0) is 14.7. The van der Waals surface area contributed by atoms with Gasteiger partial charge < -0.3 is 4.74 Å². The maximum Gasteiger partial charge on any atom is 0.276 e. The molecular weight excluding hydrogens is 278 g/mol. The van der Waals surface area contributed by atoms with E-state index in [1.807, 2.05) is 19.9 Å². The van der Waals surface area contributed by atoms with E-state index in [-0.39, 0.29) is 23.1 Å². The van der Waals surface area contributed by atoms with Crippen molar-refractivity contribution < 1.29 is 9.66 Å². The second-order valence-electron chi connectivity index (χ2n) is 4.62. The normalized spacial score (nSPS) is 10.8. The van der Waals surface area contributed by atoms with Crippen LogP contribution in [0.3, 0.4) is 0 Å². The SMILES string of the molecule is CC(C)c1cccc([N+](=O)[O-])c1COc1ccn(S)n1. The zero-order valence-corrected chi connectivity index (χ0v) is 12.1. The van der Waals surface area contributed by atoms with Gasteiger partial charge in [-0.15, -0.1) is 5.10 Å². The van der Waals surface area contributed by atoms with E-state index in [4.69, 9.17) is 4.74 Å². The van der Waals surface area contributed by atoms with Crippen molar-refractivity contribution in [3.05, 3.63) is 51.7 Å². The highest BCUT2D eigenvalue weighted by Gasteiger charge is 2.19. The van der Waals surface area contributed by atoms with Crippen molar-refractivity contribution in [1.29, 1.82) is 0 Å². The van der Waals surface area contributed by atoms with Gasteiger partial charge >= 0.3 is 0 Å². The molecule has 0 amide bonds. The van der Waals surface area contributed by atoms with Crippen molar-refractivity contribution >= 4 is 18.5 Å². The second kappa shape index (κ2) is 5.96. The highest BCUT2D eigenvalue weighted by Crippen LogP contribution is 2.28. The maximum atomic E-state index is 11.1. The van der Waals surface area contributed by atoms with Crippen LogP contribution in [0.15, 0.2) is 30.5 Å². The third-order valence-electron chi connectivity index (χ3n) is 2.92. The van der Waals surface area contributed by atoms with Gasteiger partial charge in [-0.3, -0.25) is 10.1 Å². The molecule has 0 fully saturated rings. The smallest absolute Gasteiger partial charge is 0.276 e. The number of hydrogen-bond donors (Lipinski definition) is 1. The molecule has 6 nitrogen and oxygen atoms in total. The quantitative estimate of drug-likeness (QED) is 0.522. The monoisotopic (exact) mass is 293 g/mol. The van der Waals surface area contributed by atoms with Crippen LogP contribution in [0.1, 0.15) is 30.9 Å².